The third kappa shape index (κ3) is 2.05. The van der Waals surface area contributed by atoms with Crippen molar-refractivity contribution >= 4 is 27.5 Å². The second-order valence-corrected chi connectivity index (χ2v) is 6.69. The quantitative estimate of drug-likeness (QED) is 0.576. The molecule has 3 aliphatic heterocycles. The van der Waals surface area contributed by atoms with Crippen molar-refractivity contribution in [3.05, 3.63) is 22.4 Å². The first-order chi connectivity index (χ1) is 9.17. The Hall–Kier alpha value is -0.430. The van der Waals surface area contributed by atoms with Gasteiger partial charge in [0.25, 0.3) is 0 Å². The minimum Gasteiger partial charge on any atom is -0.491 e. The fraction of sp³-hybridized carbons (Fsp3) is 0.600. The minimum absolute atomic E-state index is 0.106. The van der Waals surface area contributed by atoms with Gasteiger partial charge in [0.05, 0.1) is 17.4 Å². The molecule has 2 nitrogen and oxygen atoms in total. The Kier molecular flexibility index (Phi) is 3.68. The van der Waals surface area contributed by atoms with Gasteiger partial charge in [0.1, 0.15) is 18.0 Å². The molecule has 0 saturated carbocycles. The molecule has 0 aliphatic carbocycles. The zero-order chi connectivity index (χ0) is 13.6. The summed E-state index contributed by atoms with van der Waals surface area (Å²) in [5.41, 5.74) is 0. The maximum Gasteiger partial charge on any atom is 0.128 e. The van der Waals surface area contributed by atoms with E-state index in [0.29, 0.717) is 0 Å². The van der Waals surface area contributed by atoms with Gasteiger partial charge in [0, 0.05) is 16.8 Å². The Morgan fingerprint density at radius 1 is 1.63 bits per heavy atom. The van der Waals surface area contributed by atoms with E-state index in [1.807, 2.05) is 6.08 Å². The minimum atomic E-state index is -0.106. The highest BCUT2D eigenvalue weighted by atomic mass is 79.9. The summed E-state index contributed by atoms with van der Waals surface area (Å²) in [6.45, 7) is 2.11. The molecule has 0 aromatic carbocycles. The van der Waals surface area contributed by atoms with Crippen molar-refractivity contribution in [2.75, 3.05) is 0 Å². The van der Waals surface area contributed by atoms with Gasteiger partial charge in [-0.1, -0.05) is 34.9 Å². The summed E-state index contributed by atoms with van der Waals surface area (Å²) in [4.78, 5) is 0. The molecule has 0 radical (unpaired) electrons. The second-order valence-electron chi connectivity index (χ2n) is 5.23. The van der Waals surface area contributed by atoms with Gasteiger partial charge in [-0.05, 0) is 12.5 Å². The average molecular weight is 344 g/mol. The summed E-state index contributed by atoms with van der Waals surface area (Å²) >= 11 is 10.1. The topological polar surface area (TPSA) is 18.5 Å². The molecule has 102 valence electrons. The van der Waals surface area contributed by atoms with Gasteiger partial charge < -0.3 is 9.47 Å². The van der Waals surface area contributed by atoms with E-state index < -0.39 is 0 Å². The first-order valence-electron chi connectivity index (χ1n) is 6.64. The van der Waals surface area contributed by atoms with E-state index in [9.17, 15) is 0 Å². The van der Waals surface area contributed by atoms with E-state index in [4.69, 9.17) is 27.5 Å². The van der Waals surface area contributed by atoms with Crippen molar-refractivity contribution in [2.24, 2.45) is 11.8 Å². The van der Waals surface area contributed by atoms with E-state index in [1.54, 1.807) is 6.08 Å². The predicted octanol–water partition coefficient (Wildman–Crippen LogP) is 3.60. The lowest BCUT2D eigenvalue weighted by atomic mass is 9.77. The molecule has 0 aromatic rings. The summed E-state index contributed by atoms with van der Waals surface area (Å²) in [6.07, 6.45) is 11.3. The van der Waals surface area contributed by atoms with Crippen LogP contribution < -0.4 is 0 Å². The van der Waals surface area contributed by atoms with Gasteiger partial charge in [0.2, 0.25) is 0 Å². The number of hydrogen-bond acceptors (Lipinski definition) is 2. The second kappa shape index (κ2) is 5.16. The number of hydrogen-bond donors (Lipinski definition) is 0. The van der Waals surface area contributed by atoms with Crippen LogP contribution in [-0.4, -0.2) is 23.7 Å². The van der Waals surface area contributed by atoms with Crippen LogP contribution in [0.5, 0.6) is 0 Å². The SMILES string of the molecule is C#C/C=C\[C@@H](Cl)C1C2CC3O/C(=C(/Br)CC)C1C3O2. The molecular formula is C15H16BrClO2. The van der Waals surface area contributed by atoms with Gasteiger partial charge in [0.15, 0.2) is 0 Å². The van der Waals surface area contributed by atoms with Crippen LogP contribution in [0.4, 0.5) is 0 Å². The maximum absolute atomic E-state index is 6.51. The van der Waals surface area contributed by atoms with Crippen LogP contribution in [0.15, 0.2) is 22.4 Å². The molecule has 3 heterocycles. The molecule has 19 heavy (non-hydrogen) atoms. The van der Waals surface area contributed by atoms with Crippen molar-refractivity contribution in [3.63, 3.8) is 0 Å². The van der Waals surface area contributed by atoms with Crippen molar-refractivity contribution in [1.82, 2.24) is 0 Å². The summed E-state index contributed by atoms with van der Waals surface area (Å²) < 4.78 is 13.2. The number of halogens is 2. The van der Waals surface area contributed by atoms with Gasteiger partial charge in [-0.25, -0.2) is 0 Å². The number of fused-ring (bicyclic) bond motifs is 1. The molecule has 0 aromatic heterocycles. The fourth-order valence-corrected chi connectivity index (χ4v) is 4.25. The normalized spacial score (nSPS) is 43.4. The largest absolute Gasteiger partial charge is 0.491 e. The third-order valence-corrected chi connectivity index (χ3v) is 5.65. The molecule has 3 rings (SSSR count). The lowest BCUT2D eigenvalue weighted by Gasteiger charge is -2.25. The molecule has 3 saturated heterocycles. The summed E-state index contributed by atoms with van der Waals surface area (Å²) in [7, 11) is 0. The van der Waals surface area contributed by atoms with E-state index in [0.717, 1.165) is 23.1 Å². The highest BCUT2D eigenvalue weighted by Gasteiger charge is 2.63. The Morgan fingerprint density at radius 2 is 2.42 bits per heavy atom. The Morgan fingerprint density at radius 3 is 3.11 bits per heavy atom. The highest BCUT2D eigenvalue weighted by molar-refractivity contribution is 9.11. The van der Waals surface area contributed by atoms with Crippen LogP contribution in [0.3, 0.4) is 0 Å². The van der Waals surface area contributed by atoms with Crippen molar-refractivity contribution in [1.29, 1.82) is 0 Å². The summed E-state index contributed by atoms with van der Waals surface area (Å²) in [5.74, 6) is 4.06. The molecular weight excluding hydrogens is 328 g/mol. The van der Waals surface area contributed by atoms with E-state index in [2.05, 4.69) is 28.8 Å². The van der Waals surface area contributed by atoms with Crippen LogP contribution in [0.2, 0.25) is 0 Å². The number of rotatable bonds is 3. The molecule has 0 amide bonds. The lowest BCUT2D eigenvalue weighted by molar-refractivity contribution is 0.0690. The molecule has 0 spiro atoms. The Balaban J connectivity index is 1.91. The first-order valence-corrected chi connectivity index (χ1v) is 7.87. The molecule has 3 fully saturated rings. The van der Waals surface area contributed by atoms with Gasteiger partial charge >= 0.3 is 0 Å². The fourth-order valence-electron chi connectivity index (χ4n) is 3.50. The molecule has 5 unspecified atom stereocenters. The Bertz CT molecular complexity index is 477. The maximum atomic E-state index is 6.51. The number of alkyl halides is 1. The van der Waals surface area contributed by atoms with E-state index >= 15 is 0 Å². The van der Waals surface area contributed by atoms with E-state index in [1.165, 1.54) is 0 Å². The molecule has 2 bridgehead atoms. The van der Waals surface area contributed by atoms with Gasteiger partial charge in [-0.2, -0.15) is 0 Å². The molecule has 3 aliphatic rings. The highest BCUT2D eigenvalue weighted by Crippen LogP contribution is 2.56. The lowest BCUT2D eigenvalue weighted by Crippen LogP contribution is -2.34. The van der Waals surface area contributed by atoms with Crippen LogP contribution in [0.1, 0.15) is 19.8 Å². The van der Waals surface area contributed by atoms with Crippen molar-refractivity contribution < 1.29 is 9.47 Å². The zero-order valence-electron chi connectivity index (χ0n) is 10.7. The van der Waals surface area contributed by atoms with Gasteiger partial charge in [-0.3, -0.25) is 0 Å². The van der Waals surface area contributed by atoms with Gasteiger partial charge in [-0.15, -0.1) is 18.0 Å². The van der Waals surface area contributed by atoms with Crippen molar-refractivity contribution in [3.8, 4) is 12.3 Å². The molecule has 4 heteroatoms. The summed E-state index contributed by atoms with van der Waals surface area (Å²) in [5, 5.41) is -0.106. The molecule has 6 atom stereocenters. The van der Waals surface area contributed by atoms with Crippen molar-refractivity contribution in [2.45, 2.75) is 43.5 Å². The number of terminal acetylenes is 1. The number of ether oxygens (including phenoxy) is 2. The summed E-state index contributed by atoms with van der Waals surface area (Å²) in [6, 6.07) is 0. The predicted molar refractivity (Wildman–Crippen MR) is 79.0 cm³/mol. The molecule has 0 N–H and O–H groups in total. The average Bonchev–Trinajstić information content (AvgIpc) is 3.02. The third-order valence-electron chi connectivity index (χ3n) is 4.26. The zero-order valence-corrected chi connectivity index (χ0v) is 13.0. The van der Waals surface area contributed by atoms with E-state index in [-0.39, 0.29) is 35.5 Å². The standard InChI is InChI=1S/C15H16BrClO2/c1-3-5-6-9(17)12-10-7-11-15(18-10)13(12)14(19-11)8(16)4-2/h1,5-6,9-13,15H,4,7H2,2H3/b6-5-,14-8+/t9-,10?,11?,12?,13?,15?/m1/s1. The first kappa shape index (κ1) is 13.5. The monoisotopic (exact) mass is 342 g/mol. The van der Waals surface area contributed by atoms with Crippen LogP contribution in [-0.2, 0) is 9.47 Å². The van der Waals surface area contributed by atoms with Crippen LogP contribution in [0, 0.1) is 24.2 Å². The number of allylic oxidation sites excluding steroid dienone is 3. The van der Waals surface area contributed by atoms with Crippen LogP contribution in [0.25, 0.3) is 0 Å². The smallest absolute Gasteiger partial charge is 0.128 e. The van der Waals surface area contributed by atoms with Crippen LogP contribution >= 0.6 is 27.5 Å². The Labute approximate surface area is 127 Å².